The minimum absolute atomic E-state index is 0.177. The Morgan fingerprint density at radius 3 is 2.44 bits per heavy atom. The fraction of sp³-hybridized carbons (Fsp3) is 0.190. The molecule has 0 saturated carbocycles. The number of benzene rings is 2. The Hall–Kier alpha value is -3.41. The number of nitrogens with zero attached hydrogens (tertiary/aromatic N) is 2. The summed E-state index contributed by atoms with van der Waals surface area (Å²) in [5.41, 5.74) is 2.42. The lowest BCUT2D eigenvalue weighted by atomic mass is 10.1. The van der Waals surface area contributed by atoms with E-state index >= 15 is 0 Å². The number of ether oxygens (including phenoxy) is 1. The second-order valence-electron chi connectivity index (χ2n) is 6.35. The summed E-state index contributed by atoms with van der Waals surface area (Å²) in [7, 11) is 1.55. The number of aromatic nitrogens is 2. The van der Waals surface area contributed by atoms with Crippen molar-refractivity contribution >= 4 is 11.9 Å². The van der Waals surface area contributed by atoms with Gasteiger partial charge in [-0.15, -0.1) is 0 Å². The third-order valence-corrected chi connectivity index (χ3v) is 4.07. The summed E-state index contributed by atoms with van der Waals surface area (Å²) >= 11 is 0. The van der Waals surface area contributed by atoms with Gasteiger partial charge in [-0.05, 0) is 42.3 Å². The van der Waals surface area contributed by atoms with Crippen molar-refractivity contribution in [2.75, 3.05) is 7.05 Å². The molecule has 1 amide bonds. The van der Waals surface area contributed by atoms with Crippen LogP contribution in [0.4, 0.5) is 0 Å². The molecule has 138 valence electrons. The van der Waals surface area contributed by atoms with Crippen LogP contribution in [0.5, 0.6) is 5.75 Å². The first-order valence-corrected chi connectivity index (χ1v) is 8.69. The highest BCUT2D eigenvalue weighted by Crippen LogP contribution is 2.22. The monoisotopic (exact) mass is 363 g/mol. The van der Waals surface area contributed by atoms with Crippen LogP contribution in [-0.4, -0.2) is 28.7 Å². The van der Waals surface area contributed by atoms with Crippen LogP contribution in [0.2, 0.25) is 0 Å². The number of nitrogens with one attached hydrogen (secondary N) is 1. The van der Waals surface area contributed by atoms with E-state index in [4.69, 9.17) is 4.74 Å². The molecular formula is C21H21N3O3. The summed E-state index contributed by atoms with van der Waals surface area (Å²) < 4.78 is 7.18. The Bertz CT molecular complexity index is 962. The number of carbonyl (C=O) groups is 2. The van der Waals surface area contributed by atoms with Gasteiger partial charge < -0.3 is 10.1 Å². The molecule has 1 aromatic heterocycles. The molecule has 1 heterocycles. The van der Waals surface area contributed by atoms with Crippen LogP contribution in [0.1, 0.15) is 46.3 Å². The maximum atomic E-state index is 12.6. The molecule has 0 saturated heterocycles. The Labute approximate surface area is 157 Å². The van der Waals surface area contributed by atoms with Crippen molar-refractivity contribution in [1.29, 1.82) is 0 Å². The molecule has 6 heteroatoms. The maximum Gasteiger partial charge on any atom is 0.364 e. The molecule has 0 spiro atoms. The second-order valence-corrected chi connectivity index (χ2v) is 6.35. The summed E-state index contributed by atoms with van der Waals surface area (Å²) in [6, 6.07) is 17.8. The lowest BCUT2D eigenvalue weighted by Crippen LogP contribution is -2.18. The molecule has 0 aliphatic carbocycles. The number of para-hydroxylation sites is 1. The van der Waals surface area contributed by atoms with Crippen molar-refractivity contribution in [2.45, 2.75) is 19.8 Å². The van der Waals surface area contributed by atoms with E-state index in [9.17, 15) is 9.59 Å². The molecule has 0 unspecified atom stereocenters. The topological polar surface area (TPSA) is 73.2 Å². The predicted molar refractivity (Wildman–Crippen MR) is 102 cm³/mol. The Balaban J connectivity index is 1.89. The smallest absolute Gasteiger partial charge is 0.364 e. The van der Waals surface area contributed by atoms with Gasteiger partial charge in [-0.1, -0.05) is 38.1 Å². The minimum Gasteiger partial charge on any atom is -0.422 e. The molecular weight excluding hydrogens is 342 g/mol. The predicted octanol–water partition coefficient (Wildman–Crippen LogP) is 3.57. The van der Waals surface area contributed by atoms with E-state index < -0.39 is 5.97 Å². The van der Waals surface area contributed by atoms with Gasteiger partial charge in [0.25, 0.3) is 5.91 Å². The fourth-order valence-electron chi connectivity index (χ4n) is 2.69. The largest absolute Gasteiger partial charge is 0.422 e. The average Bonchev–Trinajstić information content (AvgIpc) is 3.14. The molecule has 3 aromatic rings. The second kappa shape index (κ2) is 7.86. The molecule has 0 bridgehead atoms. The summed E-state index contributed by atoms with van der Waals surface area (Å²) in [5.74, 6) is -0.346. The van der Waals surface area contributed by atoms with Crippen LogP contribution in [0.15, 0.2) is 60.7 Å². The van der Waals surface area contributed by atoms with Gasteiger partial charge in [0, 0.05) is 18.3 Å². The third kappa shape index (κ3) is 4.06. The number of hydrogen-bond donors (Lipinski definition) is 1. The molecule has 6 nitrogen and oxygen atoms in total. The highest BCUT2D eigenvalue weighted by molar-refractivity contribution is 5.95. The normalized spacial score (nSPS) is 10.7. The van der Waals surface area contributed by atoms with Crippen molar-refractivity contribution in [2.24, 2.45) is 0 Å². The van der Waals surface area contributed by atoms with E-state index in [0.29, 0.717) is 11.3 Å². The van der Waals surface area contributed by atoms with Crippen LogP contribution >= 0.6 is 0 Å². The van der Waals surface area contributed by atoms with Gasteiger partial charge in [-0.2, -0.15) is 5.10 Å². The zero-order valence-electron chi connectivity index (χ0n) is 15.5. The van der Waals surface area contributed by atoms with Gasteiger partial charge in [0.15, 0.2) is 5.69 Å². The zero-order chi connectivity index (χ0) is 19.4. The fourth-order valence-corrected chi connectivity index (χ4v) is 2.69. The van der Waals surface area contributed by atoms with Crippen LogP contribution in [-0.2, 0) is 0 Å². The number of esters is 1. The molecule has 2 aromatic carbocycles. The molecule has 3 rings (SSSR count). The third-order valence-electron chi connectivity index (χ3n) is 4.07. The molecule has 27 heavy (non-hydrogen) atoms. The first-order valence-electron chi connectivity index (χ1n) is 8.69. The Morgan fingerprint density at radius 2 is 1.78 bits per heavy atom. The van der Waals surface area contributed by atoms with Gasteiger partial charge in [-0.3, -0.25) is 4.79 Å². The average molecular weight is 363 g/mol. The lowest BCUT2D eigenvalue weighted by Gasteiger charge is -2.09. The quantitative estimate of drug-likeness (QED) is 0.555. The molecule has 0 radical (unpaired) electrons. The van der Waals surface area contributed by atoms with Crippen molar-refractivity contribution in [3.05, 3.63) is 77.6 Å². The lowest BCUT2D eigenvalue weighted by molar-refractivity contribution is 0.0726. The van der Waals surface area contributed by atoms with Crippen LogP contribution < -0.4 is 10.1 Å². The molecule has 0 fully saturated rings. The number of carbonyl (C=O) groups excluding carboxylic acids is 2. The molecule has 0 aliphatic rings. The van der Waals surface area contributed by atoms with Gasteiger partial charge in [0.2, 0.25) is 0 Å². The number of amides is 1. The van der Waals surface area contributed by atoms with Crippen LogP contribution in [0.25, 0.3) is 5.69 Å². The van der Waals surface area contributed by atoms with Crippen molar-refractivity contribution in [1.82, 2.24) is 15.1 Å². The highest BCUT2D eigenvalue weighted by Gasteiger charge is 2.19. The van der Waals surface area contributed by atoms with E-state index in [1.54, 1.807) is 36.0 Å². The highest BCUT2D eigenvalue weighted by atomic mass is 16.5. The molecule has 1 N–H and O–H groups in total. The van der Waals surface area contributed by atoms with E-state index in [1.165, 1.54) is 6.07 Å². The summed E-state index contributed by atoms with van der Waals surface area (Å²) in [6.07, 6.45) is 0. The van der Waals surface area contributed by atoms with Gasteiger partial charge in [-0.25, -0.2) is 9.48 Å². The van der Waals surface area contributed by atoms with E-state index in [-0.39, 0.29) is 17.5 Å². The first kappa shape index (κ1) is 18.4. The van der Waals surface area contributed by atoms with Crippen molar-refractivity contribution in [3.8, 4) is 11.4 Å². The number of hydrogen-bond acceptors (Lipinski definition) is 4. The van der Waals surface area contributed by atoms with Gasteiger partial charge in [0.05, 0.1) is 5.69 Å². The summed E-state index contributed by atoms with van der Waals surface area (Å²) in [6.45, 7) is 4.08. The Morgan fingerprint density at radius 1 is 1.04 bits per heavy atom. The summed E-state index contributed by atoms with van der Waals surface area (Å²) in [4.78, 5) is 24.3. The maximum absolute atomic E-state index is 12.6. The van der Waals surface area contributed by atoms with Crippen molar-refractivity contribution in [3.63, 3.8) is 0 Å². The first-order chi connectivity index (χ1) is 13.0. The van der Waals surface area contributed by atoms with E-state index in [0.717, 1.165) is 11.4 Å². The van der Waals surface area contributed by atoms with Gasteiger partial charge in [0.1, 0.15) is 5.75 Å². The SMILES string of the molecule is CNC(=O)c1cccc(OC(=O)c2cc(C(C)C)n(-c3ccccc3)n2)c1. The van der Waals surface area contributed by atoms with E-state index in [1.807, 2.05) is 44.2 Å². The van der Waals surface area contributed by atoms with Gasteiger partial charge >= 0.3 is 5.97 Å². The van der Waals surface area contributed by atoms with Crippen LogP contribution in [0.3, 0.4) is 0 Å². The standard InChI is InChI=1S/C21H21N3O3/c1-14(2)19-13-18(23-24(19)16-9-5-4-6-10-16)21(26)27-17-11-7-8-15(12-17)20(25)22-3/h4-14H,1-3H3,(H,22,25). The zero-order valence-corrected chi connectivity index (χ0v) is 15.5. The van der Waals surface area contributed by atoms with E-state index in [2.05, 4.69) is 10.4 Å². The number of rotatable bonds is 5. The minimum atomic E-state index is -0.569. The Kier molecular flexibility index (Phi) is 5.35. The molecule has 0 atom stereocenters. The van der Waals surface area contributed by atoms with Crippen molar-refractivity contribution < 1.29 is 14.3 Å². The van der Waals surface area contributed by atoms with Crippen LogP contribution in [0, 0.1) is 0 Å². The molecule has 0 aliphatic heterocycles. The summed E-state index contributed by atoms with van der Waals surface area (Å²) in [5, 5.41) is 6.97.